The number of H-pyrrole nitrogens is 1. The predicted octanol–water partition coefficient (Wildman–Crippen LogP) is 5.71. The van der Waals surface area contributed by atoms with Crippen LogP contribution in [0.4, 0.5) is 0 Å². The Bertz CT molecular complexity index is 1580. The molecule has 5 aromatic rings. The summed E-state index contributed by atoms with van der Waals surface area (Å²) in [5.41, 5.74) is 5.44. The number of aromatic amines is 1. The van der Waals surface area contributed by atoms with E-state index in [1.807, 2.05) is 54.6 Å². The summed E-state index contributed by atoms with van der Waals surface area (Å²) < 4.78 is 4.93. The number of nitrogens with zero attached hydrogens (tertiary/aromatic N) is 1. The van der Waals surface area contributed by atoms with E-state index in [0.29, 0.717) is 5.56 Å². The van der Waals surface area contributed by atoms with Gasteiger partial charge in [-0.15, -0.1) is 0 Å². The predicted molar refractivity (Wildman–Crippen MR) is 133 cm³/mol. The molecule has 0 spiro atoms. The third-order valence-corrected chi connectivity index (χ3v) is 6.64. The van der Waals surface area contributed by atoms with Gasteiger partial charge in [0.1, 0.15) is 6.54 Å². The Morgan fingerprint density at radius 2 is 1.65 bits per heavy atom. The molecule has 1 amide bonds. The van der Waals surface area contributed by atoms with Crippen molar-refractivity contribution in [1.29, 1.82) is 0 Å². The maximum absolute atomic E-state index is 13.4. The van der Waals surface area contributed by atoms with E-state index in [1.54, 1.807) is 4.90 Å². The highest BCUT2D eigenvalue weighted by Crippen LogP contribution is 2.45. The van der Waals surface area contributed by atoms with Crippen molar-refractivity contribution in [2.24, 2.45) is 0 Å². The molecule has 1 aliphatic rings. The van der Waals surface area contributed by atoms with E-state index in [1.165, 1.54) is 7.11 Å². The summed E-state index contributed by atoms with van der Waals surface area (Å²) in [6, 6.07) is 29.9. The molecule has 0 bridgehead atoms. The number of ether oxygens (including phenoxy) is 1. The van der Waals surface area contributed by atoms with E-state index in [2.05, 4.69) is 41.4 Å². The van der Waals surface area contributed by atoms with Gasteiger partial charge in [-0.1, -0.05) is 72.8 Å². The Morgan fingerprint density at radius 3 is 2.50 bits per heavy atom. The van der Waals surface area contributed by atoms with Gasteiger partial charge in [0.05, 0.1) is 18.8 Å². The summed E-state index contributed by atoms with van der Waals surface area (Å²) in [7, 11) is 1.34. The zero-order chi connectivity index (χ0) is 23.2. The first-order chi connectivity index (χ1) is 16.7. The topological polar surface area (TPSA) is 62.4 Å². The molecule has 5 heteroatoms. The molecular formula is C29H22N2O3. The fourth-order valence-electron chi connectivity index (χ4n) is 5.07. The number of benzene rings is 4. The minimum Gasteiger partial charge on any atom is -0.468 e. The standard InChI is InChI=1S/C29H22N2O3/c1-34-25(32)17-31-28(21-10-4-5-11-22(21)29(31)33)26-23-12-6-7-13-24(23)30-27(26)20-15-14-18-8-2-3-9-19(18)16-20/h2-16,28,30H,17H2,1H3/t28-/m1/s1. The second-order valence-corrected chi connectivity index (χ2v) is 8.52. The van der Waals surface area contributed by atoms with Gasteiger partial charge in [0.15, 0.2) is 0 Å². The number of amides is 1. The van der Waals surface area contributed by atoms with Crippen LogP contribution in [0.15, 0.2) is 91.0 Å². The van der Waals surface area contributed by atoms with Gasteiger partial charge in [-0.2, -0.15) is 0 Å². The molecule has 1 N–H and O–H groups in total. The lowest BCUT2D eigenvalue weighted by atomic mass is 9.92. The van der Waals surface area contributed by atoms with Gasteiger partial charge in [-0.05, 0) is 40.1 Å². The molecule has 6 rings (SSSR count). The fourth-order valence-corrected chi connectivity index (χ4v) is 5.07. The van der Waals surface area contributed by atoms with E-state index >= 15 is 0 Å². The summed E-state index contributed by atoms with van der Waals surface area (Å²) >= 11 is 0. The van der Waals surface area contributed by atoms with Gasteiger partial charge >= 0.3 is 5.97 Å². The van der Waals surface area contributed by atoms with Crippen molar-refractivity contribution in [2.45, 2.75) is 6.04 Å². The van der Waals surface area contributed by atoms with Gasteiger partial charge in [-0.3, -0.25) is 9.59 Å². The van der Waals surface area contributed by atoms with E-state index < -0.39 is 12.0 Å². The number of nitrogens with one attached hydrogen (secondary N) is 1. The molecule has 5 nitrogen and oxygen atoms in total. The quantitative estimate of drug-likeness (QED) is 0.360. The van der Waals surface area contributed by atoms with E-state index in [9.17, 15) is 9.59 Å². The van der Waals surface area contributed by atoms with Crippen LogP contribution < -0.4 is 0 Å². The molecule has 1 aromatic heterocycles. The second kappa shape index (κ2) is 7.89. The molecule has 34 heavy (non-hydrogen) atoms. The lowest BCUT2D eigenvalue weighted by Crippen LogP contribution is -2.34. The summed E-state index contributed by atoms with van der Waals surface area (Å²) in [6.07, 6.45) is 0. The molecule has 0 radical (unpaired) electrons. The highest BCUT2D eigenvalue weighted by molar-refractivity contribution is 6.03. The van der Waals surface area contributed by atoms with E-state index in [0.717, 1.165) is 44.1 Å². The van der Waals surface area contributed by atoms with Gasteiger partial charge in [0, 0.05) is 22.0 Å². The molecule has 0 aliphatic carbocycles. The monoisotopic (exact) mass is 446 g/mol. The van der Waals surface area contributed by atoms with Crippen molar-refractivity contribution in [1.82, 2.24) is 9.88 Å². The van der Waals surface area contributed by atoms with E-state index in [-0.39, 0.29) is 12.5 Å². The number of rotatable bonds is 4. The van der Waals surface area contributed by atoms with Crippen molar-refractivity contribution >= 4 is 33.6 Å². The number of aromatic nitrogens is 1. The summed E-state index contributed by atoms with van der Waals surface area (Å²) in [5, 5.41) is 3.33. The minimum atomic E-state index is -0.446. The molecule has 0 fully saturated rings. The van der Waals surface area contributed by atoms with Gasteiger partial charge < -0.3 is 14.6 Å². The van der Waals surface area contributed by atoms with Gasteiger partial charge in [0.25, 0.3) is 5.91 Å². The third-order valence-electron chi connectivity index (χ3n) is 6.64. The molecule has 166 valence electrons. The number of carbonyl (C=O) groups excluding carboxylic acids is 2. The average molecular weight is 447 g/mol. The van der Waals surface area contributed by atoms with Crippen LogP contribution in [0.1, 0.15) is 27.5 Å². The molecule has 1 atom stereocenters. The number of hydrogen-bond donors (Lipinski definition) is 1. The maximum Gasteiger partial charge on any atom is 0.325 e. The molecule has 0 unspecified atom stereocenters. The molecular weight excluding hydrogens is 424 g/mol. The van der Waals surface area contributed by atoms with Gasteiger partial charge in [0.2, 0.25) is 0 Å². The largest absolute Gasteiger partial charge is 0.468 e. The van der Waals surface area contributed by atoms with Crippen LogP contribution in [0.2, 0.25) is 0 Å². The Hall–Kier alpha value is -4.38. The summed E-state index contributed by atoms with van der Waals surface area (Å²) in [5.74, 6) is -0.612. The Morgan fingerprint density at radius 1 is 0.912 bits per heavy atom. The normalized spacial score (nSPS) is 15.1. The van der Waals surface area contributed by atoms with Crippen molar-refractivity contribution in [3.63, 3.8) is 0 Å². The summed E-state index contributed by atoms with van der Waals surface area (Å²) in [6.45, 7) is -0.120. The van der Waals surface area contributed by atoms with Crippen LogP contribution in [0.25, 0.3) is 32.9 Å². The third kappa shape index (κ3) is 3.09. The lowest BCUT2D eigenvalue weighted by molar-refractivity contribution is -0.141. The first kappa shape index (κ1) is 20.2. The van der Waals surface area contributed by atoms with Crippen molar-refractivity contribution in [3.05, 3.63) is 108 Å². The first-order valence-electron chi connectivity index (χ1n) is 11.2. The Labute approximate surface area is 196 Å². The van der Waals surface area contributed by atoms with Crippen molar-refractivity contribution < 1.29 is 14.3 Å². The smallest absolute Gasteiger partial charge is 0.325 e. The highest BCUT2D eigenvalue weighted by atomic mass is 16.5. The van der Waals surface area contributed by atoms with Crippen molar-refractivity contribution in [2.75, 3.05) is 13.7 Å². The van der Waals surface area contributed by atoms with Crippen LogP contribution in [0.3, 0.4) is 0 Å². The molecule has 0 saturated heterocycles. The number of carbonyl (C=O) groups is 2. The maximum atomic E-state index is 13.4. The number of hydrogen-bond acceptors (Lipinski definition) is 3. The van der Waals surface area contributed by atoms with E-state index in [4.69, 9.17) is 4.74 Å². The number of fused-ring (bicyclic) bond motifs is 3. The minimum absolute atomic E-state index is 0.120. The van der Waals surface area contributed by atoms with Crippen LogP contribution in [-0.4, -0.2) is 35.4 Å². The zero-order valence-electron chi connectivity index (χ0n) is 18.6. The number of methoxy groups -OCH3 is 1. The molecule has 4 aromatic carbocycles. The lowest BCUT2D eigenvalue weighted by Gasteiger charge is -2.25. The van der Waals surface area contributed by atoms with Crippen LogP contribution in [0.5, 0.6) is 0 Å². The number of esters is 1. The van der Waals surface area contributed by atoms with Gasteiger partial charge in [-0.25, -0.2) is 0 Å². The zero-order valence-corrected chi connectivity index (χ0v) is 18.6. The average Bonchev–Trinajstić information content (AvgIpc) is 3.39. The first-order valence-corrected chi connectivity index (χ1v) is 11.2. The number of para-hydroxylation sites is 1. The Balaban J connectivity index is 1.62. The fraction of sp³-hybridized carbons (Fsp3) is 0.103. The van der Waals surface area contributed by atoms with Crippen molar-refractivity contribution in [3.8, 4) is 11.3 Å². The highest BCUT2D eigenvalue weighted by Gasteiger charge is 2.41. The molecule has 1 aliphatic heterocycles. The Kier molecular flexibility index (Phi) is 4.69. The second-order valence-electron chi connectivity index (χ2n) is 8.52. The van der Waals surface area contributed by atoms with Crippen LogP contribution >= 0.6 is 0 Å². The molecule has 2 heterocycles. The molecule has 0 saturated carbocycles. The van der Waals surface area contributed by atoms with Crippen LogP contribution in [0, 0.1) is 0 Å². The SMILES string of the molecule is COC(=O)CN1C(=O)c2ccccc2[C@@H]1c1c(-c2ccc3ccccc3c2)[nH]c2ccccc12. The van der Waals surface area contributed by atoms with Crippen LogP contribution in [-0.2, 0) is 9.53 Å². The summed E-state index contributed by atoms with van der Waals surface area (Å²) in [4.78, 5) is 31.0.